The lowest BCUT2D eigenvalue weighted by Crippen LogP contribution is -2.19. The number of amides is 2. The fourth-order valence-corrected chi connectivity index (χ4v) is 4.34. The number of nitrogens with zero attached hydrogens (tertiary/aromatic N) is 5. The Morgan fingerprint density at radius 1 is 0.846 bits per heavy atom. The number of urea groups is 1. The molecule has 0 aliphatic rings. The number of carbonyl (C=O) groups is 1. The molecule has 0 spiro atoms. The average molecular weight is 542 g/mol. The van der Waals surface area contributed by atoms with Gasteiger partial charge in [-0.3, -0.25) is 4.57 Å². The molecule has 0 saturated heterocycles. The molecule has 0 bridgehead atoms. The van der Waals surface area contributed by atoms with Crippen LogP contribution in [0.5, 0.6) is 0 Å². The summed E-state index contributed by atoms with van der Waals surface area (Å²) in [5.74, 6) is -0.137. The molecule has 6 aromatic rings. The Kier molecular flexibility index (Phi) is 6.22. The first kappa shape index (κ1) is 24.3. The van der Waals surface area contributed by atoms with E-state index in [2.05, 4.69) is 20.6 Å². The lowest BCUT2D eigenvalue weighted by atomic mass is 10.1. The van der Waals surface area contributed by atoms with E-state index < -0.39 is 17.7 Å². The number of halogens is 3. The number of hydrogen-bond acceptors (Lipinski definition) is 4. The lowest BCUT2D eigenvalue weighted by Gasteiger charge is -2.13. The Morgan fingerprint density at radius 2 is 1.64 bits per heavy atom. The second-order valence-corrected chi connectivity index (χ2v) is 8.90. The van der Waals surface area contributed by atoms with Gasteiger partial charge in [0.1, 0.15) is 17.5 Å². The topological polar surface area (TPSA) is 89.1 Å². The summed E-state index contributed by atoms with van der Waals surface area (Å²) in [5, 5.41) is 5.28. The van der Waals surface area contributed by atoms with Crippen molar-refractivity contribution < 1.29 is 13.6 Å². The van der Waals surface area contributed by atoms with Gasteiger partial charge in [0.05, 0.1) is 16.3 Å². The van der Waals surface area contributed by atoms with Crippen LogP contribution in [0, 0.1) is 11.6 Å². The number of aromatic nitrogens is 5. The highest BCUT2D eigenvalue weighted by Crippen LogP contribution is 2.28. The third-order valence-corrected chi connectivity index (χ3v) is 6.22. The molecule has 0 saturated carbocycles. The van der Waals surface area contributed by atoms with Crippen molar-refractivity contribution in [2.24, 2.45) is 0 Å². The van der Waals surface area contributed by atoms with Gasteiger partial charge in [-0.25, -0.2) is 28.5 Å². The maximum absolute atomic E-state index is 14.6. The van der Waals surface area contributed by atoms with Crippen molar-refractivity contribution in [2.45, 2.75) is 0 Å². The van der Waals surface area contributed by atoms with Gasteiger partial charge in [0.2, 0.25) is 0 Å². The number of rotatable bonds is 5. The van der Waals surface area contributed by atoms with E-state index in [1.54, 1.807) is 65.8 Å². The molecule has 0 fully saturated rings. The number of imidazole rings is 2. The number of nitrogens with one attached hydrogen (secondary N) is 2. The van der Waals surface area contributed by atoms with Crippen LogP contribution in [0.1, 0.15) is 0 Å². The Hall–Kier alpha value is -5.09. The molecule has 3 heterocycles. The first-order valence-electron chi connectivity index (χ1n) is 11.7. The SMILES string of the molecule is O=C(Nc1cccc(-c2cn3ccnc3c(-n3ccnc3-c3ccccc3F)n2)c1)Nc1ccc(F)c(Cl)c1. The first-order valence-corrected chi connectivity index (χ1v) is 12.1. The minimum atomic E-state index is -0.575. The molecule has 3 aromatic heterocycles. The van der Waals surface area contributed by atoms with Crippen LogP contribution in [-0.2, 0) is 0 Å². The van der Waals surface area contributed by atoms with E-state index in [-0.39, 0.29) is 5.02 Å². The van der Waals surface area contributed by atoms with E-state index in [4.69, 9.17) is 16.6 Å². The summed E-state index contributed by atoms with van der Waals surface area (Å²) >= 11 is 5.80. The second kappa shape index (κ2) is 9.99. The van der Waals surface area contributed by atoms with E-state index in [0.717, 1.165) is 0 Å². The Bertz CT molecular complexity index is 1850. The van der Waals surface area contributed by atoms with Gasteiger partial charge in [-0.1, -0.05) is 35.9 Å². The van der Waals surface area contributed by atoms with Crippen molar-refractivity contribution in [1.29, 1.82) is 0 Å². The zero-order valence-corrected chi connectivity index (χ0v) is 20.8. The van der Waals surface area contributed by atoms with E-state index >= 15 is 0 Å². The van der Waals surface area contributed by atoms with Gasteiger partial charge in [0, 0.05) is 47.9 Å². The standard InChI is InChI=1S/C28H18ClF2N7O/c29-21-15-19(8-9-23(21)31)35-28(39)34-18-5-3-4-17(14-18)24-16-37-12-10-33-26(37)27(36-24)38-13-11-32-25(38)20-6-1-2-7-22(20)30/h1-16H,(H2,34,35,39). The molecule has 2 N–H and O–H groups in total. The van der Waals surface area contributed by atoms with Gasteiger partial charge >= 0.3 is 6.03 Å². The van der Waals surface area contributed by atoms with Crippen LogP contribution < -0.4 is 10.6 Å². The molecule has 192 valence electrons. The molecule has 8 nitrogen and oxygen atoms in total. The van der Waals surface area contributed by atoms with Crippen molar-refractivity contribution in [3.8, 4) is 28.5 Å². The van der Waals surface area contributed by atoms with Crippen molar-refractivity contribution in [3.63, 3.8) is 0 Å². The van der Waals surface area contributed by atoms with E-state index in [0.29, 0.717) is 45.5 Å². The summed E-state index contributed by atoms with van der Waals surface area (Å²) in [5.41, 5.74) is 3.03. The Labute approximate surface area is 225 Å². The summed E-state index contributed by atoms with van der Waals surface area (Å²) in [4.78, 5) is 26.2. The molecule has 0 aliphatic heterocycles. The van der Waals surface area contributed by atoms with Gasteiger partial charge in [-0.15, -0.1) is 0 Å². The van der Waals surface area contributed by atoms with E-state index in [1.807, 2.05) is 16.7 Å². The van der Waals surface area contributed by atoms with Crippen LogP contribution >= 0.6 is 11.6 Å². The maximum atomic E-state index is 14.6. The Morgan fingerprint density at radius 3 is 2.46 bits per heavy atom. The van der Waals surface area contributed by atoms with Crippen molar-refractivity contribution in [1.82, 2.24) is 23.9 Å². The highest BCUT2D eigenvalue weighted by Gasteiger charge is 2.17. The van der Waals surface area contributed by atoms with Crippen LogP contribution in [-0.4, -0.2) is 30.0 Å². The third-order valence-electron chi connectivity index (χ3n) is 5.93. The number of fused-ring (bicyclic) bond motifs is 1. The molecule has 39 heavy (non-hydrogen) atoms. The largest absolute Gasteiger partial charge is 0.323 e. The van der Waals surface area contributed by atoms with Gasteiger partial charge in [0.25, 0.3) is 0 Å². The van der Waals surface area contributed by atoms with Crippen molar-refractivity contribution in [3.05, 3.63) is 114 Å². The van der Waals surface area contributed by atoms with Gasteiger partial charge in [-0.2, -0.15) is 0 Å². The zero-order chi connectivity index (χ0) is 26.9. The predicted octanol–water partition coefficient (Wildman–Crippen LogP) is 6.82. The third kappa shape index (κ3) is 4.80. The van der Waals surface area contributed by atoms with Gasteiger partial charge in [-0.05, 0) is 42.5 Å². The molecule has 2 amide bonds. The number of benzene rings is 3. The minimum absolute atomic E-state index is 0.0948. The summed E-state index contributed by atoms with van der Waals surface area (Å²) in [7, 11) is 0. The summed E-state index contributed by atoms with van der Waals surface area (Å²) < 4.78 is 31.5. The first-order chi connectivity index (χ1) is 19.0. The molecule has 0 atom stereocenters. The normalized spacial score (nSPS) is 11.1. The lowest BCUT2D eigenvalue weighted by molar-refractivity contribution is 0.262. The smallest absolute Gasteiger partial charge is 0.308 e. The number of hydrogen-bond donors (Lipinski definition) is 2. The summed E-state index contributed by atoms with van der Waals surface area (Å²) in [6.45, 7) is 0. The molecule has 0 radical (unpaired) electrons. The van der Waals surface area contributed by atoms with Gasteiger partial charge < -0.3 is 15.0 Å². The summed E-state index contributed by atoms with van der Waals surface area (Å²) in [6, 6.07) is 16.9. The number of anilines is 2. The van der Waals surface area contributed by atoms with Crippen molar-refractivity contribution in [2.75, 3.05) is 10.6 Å². The maximum Gasteiger partial charge on any atom is 0.323 e. The molecular weight excluding hydrogens is 524 g/mol. The number of carbonyl (C=O) groups excluding carboxylic acids is 1. The zero-order valence-electron chi connectivity index (χ0n) is 20.0. The quantitative estimate of drug-likeness (QED) is 0.250. The molecule has 6 rings (SSSR count). The Balaban J connectivity index is 1.34. The predicted molar refractivity (Wildman–Crippen MR) is 145 cm³/mol. The average Bonchev–Trinajstić information content (AvgIpc) is 3.61. The fraction of sp³-hybridized carbons (Fsp3) is 0. The van der Waals surface area contributed by atoms with Crippen LogP contribution in [0.25, 0.3) is 34.1 Å². The summed E-state index contributed by atoms with van der Waals surface area (Å²) in [6.07, 6.45) is 8.52. The van der Waals surface area contributed by atoms with Crippen LogP contribution in [0.4, 0.5) is 25.0 Å². The molecule has 11 heteroatoms. The fourth-order valence-electron chi connectivity index (χ4n) is 4.16. The highest BCUT2D eigenvalue weighted by molar-refractivity contribution is 6.31. The minimum Gasteiger partial charge on any atom is -0.308 e. The van der Waals surface area contributed by atoms with Crippen LogP contribution in [0.3, 0.4) is 0 Å². The molecule has 0 aliphatic carbocycles. The second-order valence-electron chi connectivity index (χ2n) is 8.50. The van der Waals surface area contributed by atoms with E-state index in [1.165, 1.54) is 24.3 Å². The van der Waals surface area contributed by atoms with Crippen LogP contribution in [0.2, 0.25) is 5.02 Å². The van der Waals surface area contributed by atoms with Gasteiger partial charge in [0.15, 0.2) is 11.5 Å². The molecule has 3 aromatic carbocycles. The van der Waals surface area contributed by atoms with Crippen LogP contribution in [0.15, 0.2) is 97.7 Å². The highest BCUT2D eigenvalue weighted by atomic mass is 35.5. The van der Waals surface area contributed by atoms with E-state index in [9.17, 15) is 13.6 Å². The van der Waals surface area contributed by atoms with Crippen molar-refractivity contribution >= 4 is 34.7 Å². The molecular formula is C28H18ClF2N7O. The monoisotopic (exact) mass is 541 g/mol. The molecule has 0 unspecified atom stereocenters.